The van der Waals surface area contributed by atoms with Crippen molar-refractivity contribution in [3.05, 3.63) is 28.2 Å². The smallest absolute Gasteiger partial charge is 0.506 e. The summed E-state index contributed by atoms with van der Waals surface area (Å²) in [4.78, 5) is 50.3. The maximum absolute atomic E-state index is 12.7. The number of hydrogen-bond acceptors (Lipinski definition) is 7. The van der Waals surface area contributed by atoms with Crippen molar-refractivity contribution in [2.24, 2.45) is 5.92 Å². The Morgan fingerprint density at radius 1 is 1.21 bits per heavy atom. The van der Waals surface area contributed by atoms with Crippen molar-refractivity contribution >= 4 is 59.8 Å². The Bertz CT molecular complexity index is 947. The zero-order chi connectivity index (χ0) is 25.6. The third-order valence-corrected chi connectivity index (χ3v) is 5.64. The molecule has 34 heavy (non-hydrogen) atoms. The van der Waals surface area contributed by atoms with Crippen LogP contribution in [0.1, 0.15) is 33.1 Å². The van der Waals surface area contributed by atoms with Crippen molar-refractivity contribution in [1.82, 2.24) is 10.2 Å². The number of hydrogen-bond donors (Lipinski definition) is 3. The fourth-order valence-electron chi connectivity index (χ4n) is 3.42. The number of benzene rings is 1. The molecule has 13 heteroatoms. The van der Waals surface area contributed by atoms with Crippen LogP contribution < -0.4 is 10.6 Å². The highest BCUT2D eigenvalue weighted by atomic mass is 35.5. The van der Waals surface area contributed by atoms with E-state index in [-0.39, 0.29) is 12.5 Å². The minimum Gasteiger partial charge on any atom is -0.506 e. The molecule has 1 aliphatic heterocycles. The summed E-state index contributed by atoms with van der Waals surface area (Å²) in [5.74, 6) is -3.93. The molecule has 0 aliphatic carbocycles. The minimum atomic E-state index is -1.98. The molecule has 2 rings (SSSR count). The first-order valence-electron chi connectivity index (χ1n) is 10.6. The van der Waals surface area contributed by atoms with Crippen LogP contribution >= 0.6 is 23.2 Å². The maximum Gasteiger partial charge on any atom is 0.552 e. The van der Waals surface area contributed by atoms with Gasteiger partial charge in [0, 0.05) is 19.1 Å². The molecule has 2 amide bonds. The summed E-state index contributed by atoms with van der Waals surface area (Å²) in [5.41, 5.74) is -1.51. The van der Waals surface area contributed by atoms with Gasteiger partial charge in [0.2, 0.25) is 11.8 Å². The molecule has 1 heterocycles. The van der Waals surface area contributed by atoms with Gasteiger partial charge in [-0.2, -0.15) is 0 Å². The van der Waals surface area contributed by atoms with Gasteiger partial charge in [0.15, 0.2) is 5.60 Å². The average molecular weight is 516 g/mol. The normalized spacial score (nSPS) is 18.4. The molecule has 3 N–H and O–H groups in total. The Balaban J connectivity index is 2.16. The minimum absolute atomic E-state index is 0.0702. The predicted octanol–water partition coefficient (Wildman–Crippen LogP) is 2.23. The SMILES string of the molecule is CC(C)C[C@H](NC(=O)CNc1cc(Cl)ccc1Cl)B1OC(=O)[C@](CC(=O)O)(CC(=O)N(C)C)O1. The van der Waals surface area contributed by atoms with E-state index in [1.54, 1.807) is 18.2 Å². The fourth-order valence-corrected chi connectivity index (χ4v) is 3.78. The van der Waals surface area contributed by atoms with Crippen LogP contribution in [0.5, 0.6) is 0 Å². The van der Waals surface area contributed by atoms with Crippen LogP contribution in [0.25, 0.3) is 0 Å². The Kier molecular flexibility index (Phi) is 9.60. The summed E-state index contributed by atoms with van der Waals surface area (Å²) in [6, 6.07) is 4.78. The molecule has 2 atom stereocenters. The van der Waals surface area contributed by atoms with Gasteiger partial charge in [0.05, 0.1) is 36.0 Å². The molecule has 1 aliphatic rings. The largest absolute Gasteiger partial charge is 0.552 e. The van der Waals surface area contributed by atoms with E-state index in [1.807, 2.05) is 13.8 Å². The van der Waals surface area contributed by atoms with Gasteiger partial charge in [-0.3, -0.25) is 19.2 Å². The molecule has 1 aromatic rings. The van der Waals surface area contributed by atoms with Crippen molar-refractivity contribution in [2.75, 3.05) is 26.0 Å². The summed E-state index contributed by atoms with van der Waals surface area (Å²) < 4.78 is 11.1. The first kappa shape index (κ1) is 27.7. The quantitative estimate of drug-likeness (QED) is 0.382. The molecule has 0 radical (unpaired) electrons. The van der Waals surface area contributed by atoms with E-state index < -0.39 is 55.3 Å². The van der Waals surface area contributed by atoms with E-state index in [2.05, 4.69) is 10.6 Å². The van der Waals surface area contributed by atoms with Crippen molar-refractivity contribution in [1.29, 1.82) is 0 Å². The molecular formula is C21H28BCl2N3O7. The van der Waals surface area contributed by atoms with Crippen molar-refractivity contribution in [3.63, 3.8) is 0 Å². The van der Waals surface area contributed by atoms with Crippen molar-refractivity contribution < 1.29 is 33.6 Å². The van der Waals surface area contributed by atoms with Crippen LogP contribution in [-0.4, -0.2) is 73.1 Å². The van der Waals surface area contributed by atoms with Crippen LogP contribution in [0.2, 0.25) is 10.0 Å². The Labute approximate surface area is 208 Å². The number of rotatable bonds is 11. The molecule has 0 bridgehead atoms. The van der Waals surface area contributed by atoms with E-state index >= 15 is 0 Å². The highest BCUT2D eigenvalue weighted by Crippen LogP contribution is 2.33. The third-order valence-electron chi connectivity index (χ3n) is 5.08. The highest BCUT2D eigenvalue weighted by Gasteiger charge is 2.57. The Morgan fingerprint density at radius 2 is 1.88 bits per heavy atom. The average Bonchev–Trinajstić information content (AvgIpc) is 3.02. The second-order valence-electron chi connectivity index (χ2n) is 8.70. The number of carboxylic acids is 1. The van der Waals surface area contributed by atoms with Crippen LogP contribution in [0.4, 0.5) is 5.69 Å². The summed E-state index contributed by atoms with van der Waals surface area (Å²) in [7, 11) is 1.70. The van der Waals surface area contributed by atoms with E-state index in [1.165, 1.54) is 19.0 Å². The molecular weight excluding hydrogens is 488 g/mol. The number of carboxylic acid groups (broad SMARTS) is 1. The maximum atomic E-state index is 12.7. The lowest BCUT2D eigenvalue weighted by molar-refractivity contribution is -0.155. The summed E-state index contributed by atoms with van der Waals surface area (Å²) in [6.07, 6.45) is -0.885. The van der Waals surface area contributed by atoms with Crippen LogP contribution in [0.15, 0.2) is 18.2 Å². The molecule has 0 saturated carbocycles. The number of carbonyl (C=O) groups is 4. The highest BCUT2D eigenvalue weighted by molar-refractivity contribution is 6.51. The zero-order valence-corrected chi connectivity index (χ0v) is 20.9. The number of amides is 2. The van der Waals surface area contributed by atoms with Gasteiger partial charge in [0.25, 0.3) is 0 Å². The molecule has 0 spiro atoms. The molecule has 186 valence electrons. The molecule has 1 aromatic carbocycles. The number of carbonyl (C=O) groups excluding carboxylic acids is 3. The predicted molar refractivity (Wildman–Crippen MR) is 128 cm³/mol. The molecule has 1 fully saturated rings. The summed E-state index contributed by atoms with van der Waals surface area (Å²) in [5, 5.41) is 15.8. The molecule has 1 saturated heterocycles. The third kappa shape index (κ3) is 7.51. The van der Waals surface area contributed by atoms with Gasteiger partial charge in [-0.1, -0.05) is 37.0 Å². The lowest BCUT2D eigenvalue weighted by Crippen LogP contribution is -2.51. The zero-order valence-electron chi connectivity index (χ0n) is 19.4. The van der Waals surface area contributed by atoms with Crippen LogP contribution in [0.3, 0.4) is 0 Å². The van der Waals surface area contributed by atoms with Gasteiger partial charge < -0.3 is 29.9 Å². The van der Waals surface area contributed by atoms with E-state index in [0.29, 0.717) is 22.2 Å². The summed E-state index contributed by atoms with van der Waals surface area (Å²) in [6.45, 7) is 3.65. The van der Waals surface area contributed by atoms with Gasteiger partial charge in [-0.25, -0.2) is 0 Å². The number of nitrogens with one attached hydrogen (secondary N) is 2. The van der Waals surface area contributed by atoms with Gasteiger partial charge in [0.1, 0.15) is 0 Å². The second kappa shape index (κ2) is 11.8. The number of aliphatic carboxylic acids is 1. The summed E-state index contributed by atoms with van der Waals surface area (Å²) >= 11 is 12.1. The van der Waals surface area contributed by atoms with Gasteiger partial charge in [-0.15, -0.1) is 0 Å². The van der Waals surface area contributed by atoms with Crippen LogP contribution in [0, 0.1) is 5.92 Å². The van der Waals surface area contributed by atoms with Crippen molar-refractivity contribution in [3.8, 4) is 0 Å². The number of nitrogens with zero attached hydrogens (tertiary/aromatic N) is 1. The Hall–Kier alpha value is -2.50. The Morgan fingerprint density at radius 3 is 2.47 bits per heavy atom. The second-order valence-corrected chi connectivity index (χ2v) is 9.55. The fraction of sp³-hybridized carbons (Fsp3) is 0.524. The van der Waals surface area contributed by atoms with Gasteiger partial charge in [-0.05, 0) is 30.5 Å². The standard InChI is InChI=1S/C21H28BCl2N3O7/c1-12(2)7-16(26-17(28)11-25-15-8-13(23)5-6-14(15)24)22-33-20(32)21(34-22,10-19(30)31)9-18(29)27(3)4/h5-6,8,12,16,25H,7,9-11H2,1-4H3,(H,26,28)(H,30,31)/t16-,21+/m0/s1. The number of anilines is 1. The monoisotopic (exact) mass is 515 g/mol. The lowest BCUT2D eigenvalue weighted by atomic mass is 9.74. The van der Waals surface area contributed by atoms with E-state index in [4.69, 9.17) is 32.5 Å². The first-order chi connectivity index (χ1) is 15.8. The molecule has 0 aromatic heterocycles. The van der Waals surface area contributed by atoms with Crippen LogP contribution in [-0.2, 0) is 28.5 Å². The van der Waals surface area contributed by atoms with Gasteiger partial charge >= 0.3 is 19.1 Å². The molecule has 0 unspecified atom stereocenters. The topological polar surface area (TPSA) is 134 Å². The van der Waals surface area contributed by atoms with E-state index in [0.717, 1.165) is 0 Å². The van der Waals surface area contributed by atoms with E-state index in [9.17, 15) is 24.3 Å². The lowest BCUT2D eigenvalue weighted by Gasteiger charge is -2.26. The number of halogens is 2. The molecule has 10 nitrogen and oxygen atoms in total. The first-order valence-corrected chi connectivity index (χ1v) is 11.4. The van der Waals surface area contributed by atoms with Crippen molar-refractivity contribution in [2.45, 2.75) is 44.7 Å².